The second-order valence-electron chi connectivity index (χ2n) is 5.45. The molecule has 0 heterocycles. The van der Waals surface area contributed by atoms with Crippen molar-refractivity contribution in [1.29, 1.82) is 0 Å². The van der Waals surface area contributed by atoms with Crippen LogP contribution in [-0.4, -0.2) is 19.2 Å². The minimum Gasteiger partial charge on any atom is -0.492 e. The molecule has 2 amide bonds. The minimum atomic E-state index is -0.290. The number of nitrogens with one attached hydrogen (secondary N) is 2. The zero-order valence-electron chi connectivity index (χ0n) is 13.7. The van der Waals surface area contributed by atoms with Gasteiger partial charge in [-0.25, -0.2) is 4.79 Å². The van der Waals surface area contributed by atoms with Crippen LogP contribution in [0.2, 0.25) is 10.0 Å². The summed E-state index contributed by atoms with van der Waals surface area (Å²) in [6, 6.07) is 10.8. The van der Waals surface area contributed by atoms with Crippen LogP contribution in [0, 0.1) is 13.8 Å². The lowest BCUT2D eigenvalue weighted by Crippen LogP contribution is -2.30. The summed E-state index contributed by atoms with van der Waals surface area (Å²) >= 11 is 12.2. The smallest absolute Gasteiger partial charge is 0.319 e. The molecule has 2 aromatic rings. The van der Waals surface area contributed by atoms with Gasteiger partial charge in [0.2, 0.25) is 0 Å². The Hall–Kier alpha value is -1.91. The van der Waals surface area contributed by atoms with Crippen LogP contribution < -0.4 is 15.4 Å². The van der Waals surface area contributed by atoms with E-state index in [2.05, 4.69) is 10.6 Å². The molecule has 128 valence electrons. The van der Waals surface area contributed by atoms with E-state index in [4.69, 9.17) is 27.9 Å². The van der Waals surface area contributed by atoms with E-state index in [1.165, 1.54) is 0 Å². The van der Waals surface area contributed by atoms with E-state index in [1.54, 1.807) is 6.07 Å². The maximum absolute atomic E-state index is 11.9. The maximum atomic E-state index is 11.9. The van der Waals surface area contributed by atoms with Gasteiger partial charge in [-0.15, -0.1) is 0 Å². The lowest BCUT2D eigenvalue weighted by molar-refractivity contribution is 0.250. The molecule has 0 radical (unpaired) electrons. The van der Waals surface area contributed by atoms with Crippen LogP contribution >= 0.6 is 23.2 Å². The van der Waals surface area contributed by atoms with E-state index in [0.717, 1.165) is 11.1 Å². The van der Waals surface area contributed by atoms with Crippen LogP contribution in [0.3, 0.4) is 0 Å². The lowest BCUT2D eigenvalue weighted by Gasteiger charge is -2.13. The van der Waals surface area contributed by atoms with Crippen molar-refractivity contribution in [3.63, 3.8) is 0 Å². The molecule has 0 aliphatic carbocycles. The first-order valence-corrected chi connectivity index (χ1v) is 8.42. The quantitative estimate of drug-likeness (QED) is 0.690. The molecule has 0 saturated carbocycles. The Morgan fingerprint density at radius 2 is 1.88 bits per heavy atom. The van der Waals surface area contributed by atoms with Gasteiger partial charge in [0.25, 0.3) is 0 Å². The molecule has 0 aliphatic rings. The molecule has 0 unspecified atom stereocenters. The molecule has 24 heavy (non-hydrogen) atoms. The molecule has 0 aliphatic heterocycles. The molecule has 2 aromatic carbocycles. The normalized spacial score (nSPS) is 10.3. The van der Waals surface area contributed by atoms with Gasteiger partial charge < -0.3 is 15.4 Å². The summed E-state index contributed by atoms with van der Waals surface area (Å²) in [5, 5.41) is 6.67. The Bertz CT molecular complexity index is 697. The number of rotatable bonds is 6. The number of urea groups is 1. The fraction of sp³-hybridized carbons (Fsp3) is 0.278. The van der Waals surface area contributed by atoms with Gasteiger partial charge in [-0.3, -0.25) is 0 Å². The Morgan fingerprint density at radius 3 is 2.58 bits per heavy atom. The van der Waals surface area contributed by atoms with Gasteiger partial charge in [-0.05, 0) is 49.6 Å². The number of hydrogen-bond donors (Lipinski definition) is 2. The monoisotopic (exact) mass is 366 g/mol. The van der Waals surface area contributed by atoms with Crippen molar-refractivity contribution >= 4 is 34.9 Å². The van der Waals surface area contributed by atoms with Crippen molar-refractivity contribution in [2.24, 2.45) is 0 Å². The first-order valence-electron chi connectivity index (χ1n) is 7.66. The predicted molar refractivity (Wildman–Crippen MR) is 99.5 cm³/mol. The van der Waals surface area contributed by atoms with Crippen molar-refractivity contribution in [1.82, 2.24) is 5.32 Å². The van der Waals surface area contributed by atoms with E-state index in [1.807, 2.05) is 44.2 Å². The van der Waals surface area contributed by atoms with Crippen LogP contribution in [0.4, 0.5) is 10.5 Å². The highest BCUT2D eigenvalue weighted by atomic mass is 35.5. The molecule has 4 nitrogen and oxygen atoms in total. The molecule has 0 spiro atoms. The number of amides is 2. The van der Waals surface area contributed by atoms with Gasteiger partial charge in [0.1, 0.15) is 5.75 Å². The number of carbonyl (C=O) groups is 1. The Balaban J connectivity index is 1.73. The summed E-state index contributed by atoms with van der Waals surface area (Å²) in [6.07, 6.45) is 0.666. The standard InChI is InChI=1S/C18H20Cl2N2O2/c1-12-10-13(2)17(15(20)11-12)22-18(23)21-8-5-9-24-16-7-4-3-6-14(16)19/h3-4,6-7,10-11H,5,8-9H2,1-2H3,(H2,21,22,23). The van der Waals surface area contributed by atoms with Crippen molar-refractivity contribution < 1.29 is 9.53 Å². The van der Waals surface area contributed by atoms with Crippen LogP contribution in [-0.2, 0) is 0 Å². The van der Waals surface area contributed by atoms with E-state index >= 15 is 0 Å². The highest BCUT2D eigenvalue weighted by Crippen LogP contribution is 2.27. The SMILES string of the molecule is Cc1cc(C)c(NC(=O)NCCCOc2ccccc2Cl)c(Cl)c1. The molecular formula is C18H20Cl2N2O2. The number of benzene rings is 2. The summed E-state index contributed by atoms with van der Waals surface area (Å²) in [4.78, 5) is 11.9. The largest absolute Gasteiger partial charge is 0.492 e. The number of halogens is 2. The van der Waals surface area contributed by atoms with Gasteiger partial charge in [0, 0.05) is 6.54 Å². The fourth-order valence-electron chi connectivity index (χ4n) is 2.25. The molecule has 2 N–H and O–H groups in total. The third-order valence-electron chi connectivity index (χ3n) is 3.37. The number of aryl methyl sites for hydroxylation is 2. The predicted octanol–water partition coefficient (Wildman–Crippen LogP) is 5.20. The maximum Gasteiger partial charge on any atom is 0.319 e. The lowest BCUT2D eigenvalue weighted by atomic mass is 10.1. The average molecular weight is 367 g/mol. The van der Waals surface area contributed by atoms with Crippen LogP contribution in [0.15, 0.2) is 36.4 Å². The second-order valence-corrected chi connectivity index (χ2v) is 6.27. The summed E-state index contributed by atoms with van der Waals surface area (Å²) in [5.74, 6) is 0.644. The summed E-state index contributed by atoms with van der Waals surface area (Å²) in [7, 11) is 0. The Morgan fingerprint density at radius 1 is 1.12 bits per heavy atom. The van der Waals surface area contributed by atoms with Crippen molar-refractivity contribution in [2.75, 3.05) is 18.5 Å². The number of hydrogen-bond acceptors (Lipinski definition) is 2. The van der Waals surface area contributed by atoms with Crippen molar-refractivity contribution in [3.05, 3.63) is 57.6 Å². The third-order valence-corrected chi connectivity index (χ3v) is 3.98. The van der Waals surface area contributed by atoms with Crippen molar-refractivity contribution in [2.45, 2.75) is 20.3 Å². The number of ether oxygens (including phenoxy) is 1. The van der Waals surface area contributed by atoms with E-state index in [9.17, 15) is 4.79 Å². The number of carbonyl (C=O) groups excluding carboxylic acids is 1. The van der Waals surface area contributed by atoms with Gasteiger partial charge in [-0.2, -0.15) is 0 Å². The molecule has 2 rings (SSSR count). The minimum absolute atomic E-state index is 0.290. The topological polar surface area (TPSA) is 50.4 Å². The first-order chi connectivity index (χ1) is 11.5. The Labute approximate surface area is 152 Å². The van der Waals surface area contributed by atoms with E-state index in [-0.39, 0.29) is 6.03 Å². The van der Waals surface area contributed by atoms with Crippen LogP contribution in [0.5, 0.6) is 5.75 Å². The molecule has 6 heteroatoms. The average Bonchev–Trinajstić information content (AvgIpc) is 2.52. The zero-order valence-corrected chi connectivity index (χ0v) is 15.2. The second kappa shape index (κ2) is 8.81. The van der Waals surface area contributed by atoms with E-state index < -0.39 is 0 Å². The summed E-state index contributed by atoms with van der Waals surface area (Å²) in [6.45, 7) is 4.82. The zero-order chi connectivity index (χ0) is 17.5. The van der Waals surface area contributed by atoms with Crippen LogP contribution in [0.1, 0.15) is 17.5 Å². The van der Waals surface area contributed by atoms with Gasteiger partial charge in [0.05, 0.1) is 22.3 Å². The third kappa shape index (κ3) is 5.32. The fourth-order valence-corrected chi connectivity index (χ4v) is 2.81. The molecule has 0 atom stereocenters. The molecular weight excluding hydrogens is 347 g/mol. The summed E-state index contributed by atoms with van der Waals surface area (Å²) < 4.78 is 5.56. The highest BCUT2D eigenvalue weighted by Gasteiger charge is 2.09. The summed E-state index contributed by atoms with van der Waals surface area (Å²) in [5.41, 5.74) is 2.62. The van der Waals surface area contributed by atoms with Gasteiger partial charge in [-0.1, -0.05) is 41.4 Å². The van der Waals surface area contributed by atoms with E-state index in [0.29, 0.717) is 41.1 Å². The number of anilines is 1. The first kappa shape index (κ1) is 18.4. The van der Waals surface area contributed by atoms with Gasteiger partial charge >= 0.3 is 6.03 Å². The Kier molecular flexibility index (Phi) is 6.76. The molecule has 0 bridgehead atoms. The molecule has 0 aromatic heterocycles. The van der Waals surface area contributed by atoms with Gasteiger partial charge in [0.15, 0.2) is 0 Å². The van der Waals surface area contributed by atoms with Crippen molar-refractivity contribution in [3.8, 4) is 5.75 Å². The molecule has 0 fully saturated rings. The highest BCUT2D eigenvalue weighted by molar-refractivity contribution is 6.34. The molecule has 0 saturated heterocycles. The van der Waals surface area contributed by atoms with Crippen LogP contribution in [0.25, 0.3) is 0 Å². The number of para-hydroxylation sites is 1.